The van der Waals surface area contributed by atoms with E-state index in [1.165, 1.54) is 17.0 Å². The molecular weight excluding hydrogens is 369 g/mol. The van der Waals surface area contributed by atoms with E-state index in [0.29, 0.717) is 30.8 Å². The van der Waals surface area contributed by atoms with Crippen molar-refractivity contribution in [3.05, 3.63) is 77.2 Å². The molecule has 2 aliphatic heterocycles. The Morgan fingerprint density at radius 3 is 2.17 bits per heavy atom. The van der Waals surface area contributed by atoms with Crippen molar-refractivity contribution in [3.63, 3.8) is 0 Å². The van der Waals surface area contributed by atoms with E-state index < -0.39 is 0 Å². The number of hydrogen-bond donors (Lipinski definition) is 0. The Hall–Kier alpha value is -2.99. The van der Waals surface area contributed by atoms with Gasteiger partial charge in [-0.3, -0.25) is 14.5 Å². The lowest BCUT2D eigenvalue weighted by molar-refractivity contribution is -0.137. The molecule has 0 aromatic heterocycles. The first-order chi connectivity index (χ1) is 14.0. The summed E-state index contributed by atoms with van der Waals surface area (Å²) >= 11 is 0. The van der Waals surface area contributed by atoms with Gasteiger partial charge < -0.3 is 9.80 Å². The molecule has 2 aliphatic rings. The highest BCUT2D eigenvalue weighted by atomic mass is 19.1. The Bertz CT molecular complexity index is 932. The molecule has 0 saturated carbocycles. The summed E-state index contributed by atoms with van der Waals surface area (Å²) in [6.07, 6.45) is 0.496. The molecule has 5 nitrogen and oxygen atoms in total. The quantitative estimate of drug-likeness (QED) is 0.732. The molecule has 2 amide bonds. The lowest BCUT2D eigenvalue weighted by Crippen LogP contribution is -2.46. The molecule has 29 heavy (non-hydrogen) atoms. The van der Waals surface area contributed by atoms with Crippen molar-refractivity contribution in [2.45, 2.75) is 6.42 Å². The first-order valence-electron chi connectivity index (χ1n) is 9.88. The largest absolute Gasteiger partial charge is 0.364 e. The fourth-order valence-electron chi connectivity index (χ4n) is 3.85. The number of likely N-dealkylation sites (N-methyl/N-ethyl adjacent to an activating group) is 1. The number of imide groups is 1. The number of rotatable bonds is 5. The molecule has 1 fully saturated rings. The van der Waals surface area contributed by atoms with E-state index in [0.717, 1.165) is 24.2 Å². The van der Waals surface area contributed by atoms with Crippen molar-refractivity contribution in [1.29, 1.82) is 0 Å². The number of halogens is 1. The Labute approximate surface area is 170 Å². The fraction of sp³-hybridized carbons (Fsp3) is 0.304. The van der Waals surface area contributed by atoms with Crippen molar-refractivity contribution in [2.75, 3.05) is 39.8 Å². The summed E-state index contributed by atoms with van der Waals surface area (Å²) in [7, 11) is 2.06. The van der Waals surface area contributed by atoms with Gasteiger partial charge in [0.25, 0.3) is 11.8 Å². The lowest BCUT2D eigenvalue weighted by Gasteiger charge is -2.34. The molecule has 0 N–H and O–H groups in total. The Kier molecular flexibility index (Phi) is 5.45. The van der Waals surface area contributed by atoms with Gasteiger partial charge in [0, 0.05) is 32.7 Å². The Balaban J connectivity index is 1.61. The zero-order valence-corrected chi connectivity index (χ0v) is 16.5. The van der Waals surface area contributed by atoms with Crippen LogP contribution in [0.25, 0.3) is 5.57 Å². The van der Waals surface area contributed by atoms with Crippen LogP contribution in [-0.4, -0.2) is 66.3 Å². The van der Waals surface area contributed by atoms with Gasteiger partial charge >= 0.3 is 0 Å². The van der Waals surface area contributed by atoms with E-state index in [9.17, 15) is 14.0 Å². The number of hydrogen-bond acceptors (Lipinski definition) is 4. The Morgan fingerprint density at radius 2 is 1.52 bits per heavy atom. The van der Waals surface area contributed by atoms with Gasteiger partial charge in [0.2, 0.25) is 0 Å². The molecule has 0 bridgehead atoms. The van der Waals surface area contributed by atoms with Crippen LogP contribution in [0.15, 0.2) is 60.3 Å². The summed E-state index contributed by atoms with van der Waals surface area (Å²) < 4.78 is 13.1. The molecule has 0 spiro atoms. The maximum atomic E-state index is 13.3. The van der Waals surface area contributed by atoms with Gasteiger partial charge in [-0.1, -0.05) is 42.5 Å². The minimum atomic E-state index is -0.299. The highest BCUT2D eigenvalue weighted by Gasteiger charge is 2.41. The number of carbonyl (C=O) groups excluding carboxylic acids is 2. The minimum absolute atomic E-state index is 0.236. The van der Waals surface area contributed by atoms with Crippen molar-refractivity contribution < 1.29 is 14.0 Å². The van der Waals surface area contributed by atoms with E-state index in [1.54, 1.807) is 12.1 Å². The van der Waals surface area contributed by atoms with Crippen molar-refractivity contribution in [3.8, 4) is 0 Å². The first-order valence-corrected chi connectivity index (χ1v) is 9.88. The average Bonchev–Trinajstić information content (AvgIpc) is 2.99. The van der Waals surface area contributed by atoms with Crippen LogP contribution in [0.4, 0.5) is 4.39 Å². The number of amides is 2. The molecule has 0 aliphatic carbocycles. The molecule has 0 unspecified atom stereocenters. The maximum absolute atomic E-state index is 13.3. The second kappa shape index (κ2) is 8.17. The SMILES string of the molecule is CN1CCN(C2=C(c3ccccc3)C(=O)N(CCc3ccc(F)cc3)C2=O)CC1. The van der Waals surface area contributed by atoms with Gasteiger partial charge in [-0.05, 0) is 36.7 Å². The van der Waals surface area contributed by atoms with Crippen LogP contribution in [0.5, 0.6) is 0 Å². The predicted molar refractivity (Wildman–Crippen MR) is 109 cm³/mol. The van der Waals surface area contributed by atoms with Crippen LogP contribution in [0.2, 0.25) is 0 Å². The van der Waals surface area contributed by atoms with E-state index in [1.807, 2.05) is 35.2 Å². The van der Waals surface area contributed by atoms with Crippen LogP contribution in [0.3, 0.4) is 0 Å². The van der Waals surface area contributed by atoms with Gasteiger partial charge in [-0.25, -0.2) is 4.39 Å². The number of nitrogens with zero attached hydrogens (tertiary/aromatic N) is 3. The van der Waals surface area contributed by atoms with Gasteiger partial charge in [0.1, 0.15) is 11.5 Å². The second-order valence-corrected chi connectivity index (χ2v) is 7.52. The molecule has 0 atom stereocenters. The zero-order valence-electron chi connectivity index (χ0n) is 16.5. The molecule has 6 heteroatoms. The van der Waals surface area contributed by atoms with Crippen LogP contribution in [0, 0.1) is 5.82 Å². The topological polar surface area (TPSA) is 43.9 Å². The van der Waals surface area contributed by atoms with Crippen molar-refractivity contribution >= 4 is 17.4 Å². The fourth-order valence-corrected chi connectivity index (χ4v) is 3.85. The van der Waals surface area contributed by atoms with E-state index in [4.69, 9.17) is 0 Å². The molecule has 2 aromatic rings. The van der Waals surface area contributed by atoms with Crippen molar-refractivity contribution in [2.24, 2.45) is 0 Å². The molecule has 1 saturated heterocycles. The monoisotopic (exact) mass is 393 g/mol. The van der Waals surface area contributed by atoms with Gasteiger partial charge in [-0.15, -0.1) is 0 Å². The number of carbonyl (C=O) groups is 2. The average molecular weight is 393 g/mol. The highest BCUT2D eigenvalue weighted by molar-refractivity contribution is 6.35. The smallest absolute Gasteiger partial charge is 0.277 e. The van der Waals surface area contributed by atoms with Crippen molar-refractivity contribution in [1.82, 2.24) is 14.7 Å². The van der Waals surface area contributed by atoms with Crippen LogP contribution in [-0.2, 0) is 16.0 Å². The zero-order chi connectivity index (χ0) is 20.4. The lowest BCUT2D eigenvalue weighted by atomic mass is 10.0. The van der Waals surface area contributed by atoms with Gasteiger partial charge in [-0.2, -0.15) is 0 Å². The molecule has 4 rings (SSSR count). The number of piperazine rings is 1. The summed E-state index contributed by atoms with van der Waals surface area (Å²) in [5, 5.41) is 0. The Morgan fingerprint density at radius 1 is 0.862 bits per heavy atom. The normalized spacial score (nSPS) is 18.1. The summed E-state index contributed by atoms with van der Waals surface area (Å²) in [4.78, 5) is 32.1. The standard InChI is InChI=1S/C23H24FN3O2/c1-25-13-15-26(16-14-25)21-20(18-5-3-2-4-6-18)22(28)27(23(21)29)12-11-17-7-9-19(24)10-8-17/h2-10H,11-16H2,1H3. The maximum Gasteiger partial charge on any atom is 0.277 e. The van der Waals surface area contributed by atoms with E-state index >= 15 is 0 Å². The number of benzene rings is 2. The second-order valence-electron chi connectivity index (χ2n) is 7.52. The molecule has 0 radical (unpaired) electrons. The predicted octanol–water partition coefficient (Wildman–Crippen LogP) is 2.40. The minimum Gasteiger partial charge on any atom is -0.364 e. The van der Waals surface area contributed by atoms with Gasteiger partial charge in [0.05, 0.1) is 5.57 Å². The summed E-state index contributed by atoms with van der Waals surface area (Å²) in [6.45, 7) is 3.40. The van der Waals surface area contributed by atoms with Crippen LogP contribution in [0.1, 0.15) is 11.1 Å². The summed E-state index contributed by atoms with van der Waals surface area (Å²) in [5.41, 5.74) is 2.65. The van der Waals surface area contributed by atoms with E-state index in [-0.39, 0.29) is 24.2 Å². The first kappa shape index (κ1) is 19.3. The third-order valence-electron chi connectivity index (χ3n) is 5.56. The third-order valence-corrected chi connectivity index (χ3v) is 5.56. The summed E-state index contributed by atoms with van der Waals surface area (Å²) in [5.74, 6) is -0.787. The third kappa shape index (κ3) is 3.93. The van der Waals surface area contributed by atoms with Gasteiger partial charge in [0.15, 0.2) is 0 Å². The molecule has 2 aromatic carbocycles. The van der Waals surface area contributed by atoms with Crippen LogP contribution < -0.4 is 0 Å². The summed E-state index contributed by atoms with van der Waals surface area (Å²) in [6, 6.07) is 15.6. The highest BCUT2D eigenvalue weighted by Crippen LogP contribution is 2.32. The molecule has 150 valence electrons. The molecular formula is C23H24FN3O2. The van der Waals surface area contributed by atoms with E-state index in [2.05, 4.69) is 11.9 Å². The van der Waals surface area contributed by atoms with Crippen LogP contribution >= 0.6 is 0 Å². The molecule has 2 heterocycles.